The number of morpholine rings is 1. The Balaban J connectivity index is 1.55. The molecule has 0 atom stereocenters. The second-order valence-electron chi connectivity index (χ2n) is 6.77. The Hall–Kier alpha value is -2.68. The average Bonchev–Trinajstić information content (AvgIpc) is 2.74. The van der Waals surface area contributed by atoms with E-state index in [-0.39, 0.29) is 29.6 Å². The smallest absolute Gasteiger partial charge is 0.409 e. The van der Waals surface area contributed by atoms with Crippen LogP contribution < -0.4 is 5.32 Å². The van der Waals surface area contributed by atoms with Crippen LogP contribution in [-0.4, -0.2) is 84.7 Å². The highest BCUT2D eigenvalue weighted by Crippen LogP contribution is 2.13. The molecule has 3 heterocycles. The van der Waals surface area contributed by atoms with Crippen LogP contribution in [0.4, 0.5) is 4.79 Å². The number of pyridine rings is 1. The summed E-state index contributed by atoms with van der Waals surface area (Å²) >= 11 is 0. The Morgan fingerprint density at radius 3 is 2.57 bits per heavy atom. The second-order valence-corrected chi connectivity index (χ2v) is 6.77. The molecule has 0 bridgehead atoms. The zero-order chi connectivity index (χ0) is 19.9. The molecule has 1 N–H and O–H groups in total. The summed E-state index contributed by atoms with van der Waals surface area (Å²) in [5.41, 5.74) is 0.658. The maximum absolute atomic E-state index is 12.6. The molecule has 0 saturated carbocycles. The summed E-state index contributed by atoms with van der Waals surface area (Å²) in [6, 6.07) is 3.10. The minimum absolute atomic E-state index is 0.0430. The lowest BCUT2D eigenvalue weighted by Crippen LogP contribution is -2.46. The number of carbonyl (C=O) groups excluding carboxylic acids is 3. The normalized spacial score (nSPS) is 17.9. The van der Waals surface area contributed by atoms with Crippen molar-refractivity contribution >= 4 is 17.9 Å². The van der Waals surface area contributed by atoms with Crippen molar-refractivity contribution in [3.63, 3.8) is 0 Å². The number of ether oxygens (including phenoxy) is 2. The SMILES string of the molecule is CCOC(=O)N1CCC(NC(=O)c2cc(C(=O)N3CCOCC3)ccn2)CC1. The summed E-state index contributed by atoms with van der Waals surface area (Å²) in [6.07, 6.45) is 2.46. The second kappa shape index (κ2) is 9.50. The van der Waals surface area contributed by atoms with Gasteiger partial charge in [-0.1, -0.05) is 0 Å². The van der Waals surface area contributed by atoms with Crippen LogP contribution in [0.15, 0.2) is 18.3 Å². The molecule has 2 aliphatic heterocycles. The molecule has 1 aromatic heterocycles. The van der Waals surface area contributed by atoms with Crippen molar-refractivity contribution in [3.8, 4) is 0 Å². The van der Waals surface area contributed by atoms with Gasteiger partial charge in [0.25, 0.3) is 11.8 Å². The number of rotatable bonds is 4. The number of nitrogens with one attached hydrogen (secondary N) is 1. The largest absolute Gasteiger partial charge is 0.450 e. The van der Waals surface area contributed by atoms with Gasteiger partial charge in [-0.2, -0.15) is 0 Å². The Labute approximate surface area is 164 Å². The van der Waals surface area contributed by atoms with E-state index < -0.39 is 0 Å². The molecule has 3 amide bonds. The van der Waals surface area contributed by atoms with Gasteiger partial charge in [0.05, 0.1) is 19.8 Å². The number of piperidine rings is 1. The molecular formula is C19H26N4O5. The van der Waals surface area contributed by atoms with Crippen molar-refractivity contribution in [1.82, 2.24) is 20.1 Å². The molecule has 2 saturated heterocycles. The molecule has 0 aromatic carbocycles. The third kappa shape index (κ3) is 4.98. The lowest BCUT2D eigenvalue weighted by Gasteiger charge is -2.31. The maximum Gasteiger partial charge on any atom is 0.409 e. The predicted molar refractivity (Wildman–Crippen MR) is 100 cm³/mol. The zero-order valence-electron chi connectivity index (χ0n) is 16.1. The maximum atomic E-state index is 12.6. The van der Waals surface area contributed by atoms with E-state index >= 15 is 0 Å². The van der Waals surface area contributed by atoms with Gasteiger partial charge in [0.15, 0.2) is 0 Å². The molecule has 28 heavy (non-hydrogen) atoms. The number of carbonyl (C=O) groups is 3. The molecule has 3 rings (SSSR count). The molecule has 2 fully saturated rings. The molecule has 0 aliphatic carbocycles. The lowest BCUT2D eigenvalue weighted by atomic mass is 10.1. The van der Waals surface area contributed by atoms with E-state index in [1.165, 1.54) is 12.3 Å². The fraction of sp³-hybridized carbons (Fsp3) is 0.579. The molecule has 0 radical (unpaired) electrons. The molecule has 152 valence electrons. The lowest BCUT2D eigenvalue weighted by molar-refractivity contribution is 0.0303. The topological polar surface area (TPSA) is 101 Å². The van der Waals surface area contributed by atoms with Gasteiger partial charge in [-0.05, 0) is 31.9 Å². The van der Waals surface area contributed by atoms with Crippen LogP contribution >= 0.6 is 0 Å². The van der Waals surface area contributed by atoms with Crippen molar-refractivity contribution in [3.05, 3.63) is 29.6 Å². The van der Waals surface area contributed by atoms with Gasteiger partial charge in [-0.3, -0.25) is 14.6 Å². The van der Waals surface area contributed by atoms with Crippen molar-refractivity contribution in [2.75, 3.05) is 46.0 Å². The van der Waals surface area contributed by atoms with Gasteiger partial charge in [0, 0.05) is 44.0 Å². The van der Waals surface area contributed by atoms with Crippen LogP contribution in [-0.2, 0) is 9.47 Å². The van der Waals surface area contributed by atoms with E-state index in [0.717, 1.165) is 0 Å². The summed E-state index contributed by atoms with van der Waals surface area (Å²) < 4.78 is 10.3. The van der Waals surface area contributed by atoms with E-state index in [4.69, 9.17) is 9.47 Å². The standard InChI is InChI=1S/C19H26N4O5/c1-2-28-19(26)23-7-4-15(5-8-23)21-17(24)16-13-14(3-6-20-16)18(25)22-9-11-27-12-10-22/h3,6,13,15H,2,4-5,7-12H2,1H3,(H,21,24). The first-order chi connectivity index (χ1) is 13.6. The Bertz CT molecular complexity index is 712. The first-order valence-corrected chi connectivity index (χ1v) is 9.64. The molecule has 0 unspecified atom stereocenters. The minimum atomic E-state index is -0.316. The van der Waals surface area contributed by atoms with Gasteiger partial charge in [0.2, 0.25) is 0 Å². The van der Waals surface area contributed by atoms with Crippen molar-refractivity contribution in [2.24, 2.45) is 0 Å². The zero-order valence-corrected chi connectivity index (χ0v) is 16.1. The average molecular weight is 390 g/mol. The number of aromatic nitrogens is 1. The molecule has 2 aliphatic rings. The van der Waals surface area contributed by atoms with Crippen LogP contribution in [0.3, 0.4) is 0 Å². The van der Waals surface area contributed by atoms with Gasteiger partial charge in [0.1, 0.15) is 5.69 Å². The summed E-state index contributed by atoms with van der Waals surface area (Å²) in [4.78, 5) is 44.3. The number of amides is 3. The van der Waals surface area contributed by atoms with E-state index in [0.29, 0.717) is 64.4 Å². The van der Waals surface area contributed by atoms with Crippen LogP contribution in [0, 0.1) is 0 Å². The summed E-state index contributed by atoms with van der Waals surface area (Å²) in [7, 11) is 0. The quantitative estimate of drug-likeness (QED) is 0.820. The number of hydrogen-bond donors (Lipinski definition) is 1. The summed E-state index contributed by atoms with van der Waals surface area (Å²) in [5, 5.41) is 2.95. The minimum Gasteiger partial charge on any atom is -0.450 e. The van der Waals surface area contributed by atoms with Crippen LogP contribution in [0.25, 0.3) is 0 Å². The highest BCUT2D eigenvalue weighted by molar-refractivity contribution is 5.98. The van der Waals surface area contributed by atoms with Crippen LogP contribution in [0.2, 0.25) is 0 Å². The predicted octanol–water partition coefficient (Wildman–Crippen LogP) is 0.905. The number of nitrogens with zero attached hydrogens (tertiary/aromatic N) is 3. The molecule has 9 heteroatoms. The molecule has 0 spiro atoms. The summed E-state index contributed by atoms with van der Waals surface area (Å²) in [5.74, 6) is -0.436. The van der Waals surface area contributed by atoms with Gasteiger partial charge < -0.3 is 24.6 Å². The Kier molecular flexibility index (Phi) is 6.80. The van der Waals surface area contributed by atoms with Gasteiger partial charge in [-0.25, -0.2) is 4.79 Å². The Morgan fingerprint density at radius 1 is 1.18 bits per heavy atom. The Morgan fingerprint density at radius 2 is 1.89 bits per heavy atom. The highest BCUT2D eigenvalue weighted by atomic mass is 16.6. The van der Waals surface area contributed by atoms with Crippen molar-refractivity contribution in [1.29, 1.82) is 0 Å². The number of hydrogen-bond acceptors (Lipinski definition) is 6. The fourth-order valence-corrected chi connectivity index (χ4v) is 3.32. The fourth-order valence-electron chi connectivity index (χ4n) is 3.32. The first kappa shape index (κ1) is 20.1. The molecule has 9 nitrogen and oxygen atoms in total. The summed E-state index contributed by atoms with van der Waals surface area (Å²) in [6.45, 7) is 5.32. The van der Waals surface area contributed by atoms with Crippen molar-refractivity contribution < 1.29 is 23.9 Å². The highest BCUT2D eigenvalue weighted by Gasteiger charge is 2.26. The molecule has 1 aromatic rings. The van der Waals surface area contributed by atoms with Gasteiger partial charge >= 0.3 is 6.09 Å². The van der Waals surface area contributed by atoms with Crippen LogP contribution in [0.1, 0.15) is 40.6 Å². The van der Waals surface area contributed by atoms with E-state index in [2.05, 4.69) is 10.3 Å². The first-order valence-electron chi connectivity index (χ1n) is 9.64. The number of likely N-dealkylation sites (tertiary alicyclic amines) is 1. The third-order valence-electron chi connectivity index (χ3n) is 4.89. The third-order valence-corrected chi connectivity index (χ3v) is 4.89. The van der Waals surface area contributed by atoms with E-state index in [9.17, 15) is 14.4 Å². The van der Waals surface area contributed by atoms with E-state index in [1.807, 2.05) is 0 Å². The van der Waals surface area contributed by atoms with Gasteiger partial charge in [-0.15, -0.1) is 0 Å². The van der Waals surface area contributed by atoms with E-state index in [1.54, 1.807) is 22.8 Å². The molecular weight excluding hydrogens is 364 g/mol. The van der Waals surface area contributed by atoms with Crippen LogP contribution in [0.5, 0.6) is 0 Å². The monoisotopic (exact) mass is 390 g/mol. The van der Waals surface area contributed by atoms with Crippen molar-refractivity contribution in [2.45, 2.75) is 25.8 Å².